The average molecular weight is 421 g/mol. The molecule has 0 unspecified atom stereocenters. The van der Waals surface area contributed by atoms with Crippen LogP contribution in [0.1, 0.15) is 18.4 Å². The lowest BCUT2D eigenvalue weighted by atomic mass is 10.2. The van der Waals surface area contributed by atoms with Gasteiger partial charge in [-0.1, -0.05) is 40.5 Å². The summed E-state index contributed by atoms with van der Waals surface area (Å²) in [7, 11) is 0. The van der Waals surface area contributed by atoms with E-state index in [0.717, 1.165) is 12.8 Å². The van der Waals surface area contributed by atoms with Gasteiger partial charge in [0.15, 0.2) is 12.4 Å². The number of hydrogen-bond acceptors (Lipinski definition) is 4. The van der Waals surface area contributed by atoms with E-state index in [4.69, 9.17) is 33.8 Å². The van der Waals surface area contributed by atoms with Crippen LogP contribution < -0.4 is 16.4 Å². The van der Waals surface area contributed by atoms with Crippen molar-refractivity contribution >= 4 is 52.2 Å². The van der Waals surface area contributed by atoms with Gasteiger partial charge in [-0.3, -0.25) is 9.59 Å². The number of benzene rings is 2. The fourth-order valence-electron chi connectivity index (χ4n) is 2.33. The predicted octanol–water partition coefficient (Wildman–Crippen LogP) is 3.62. The van der Waals surface area contributed by atoms with Crippen molar-refractivity contribution in [3.05, 3.63) is 58.1 Å². The van der Waals surface area contributed by atoms with E-state index in [1.165, 1.54) is 6.07 Å². The Labute approximate surface area is 171 Å². The van der Waals surface area contributed by atoms with Crippen molar-refractivity contribution in [3.8, 4) is 0 Å². The number of halogens is 2. The highest BCUT2D eigenvalue weighted by Crippen LogP contribution is 2.30. The first-order chi connectivity index (χ1) is 13.4. The van der Waals surface area contributed by atoms with Crippen LogP contribution in [0.4, 0.5) is 11.4 Å². The molecule has 1 fully saturated rings. The second kappa shape index (κ2) is 8.95. The molecule has 0 aromatic heterocycles. The second-order valence-electron chi connectivity index (χ2n) is 6.27. The second-order valence-corrected chi connectivity index (χ2v) is 7.09. The van der Waals surface area contributed by atoms with E-state index >= 15 is 0 Å². The van der Waals surface area contributed by atoms with Gasteiger partial charge in [0.1, 0.15) is 0 Å². The Morgan fingerprint density at radius 3 is 2.54 bits per heavy atom. The van der Waals surface area contributed by atoms with Crippen LogP contribution in [0.3, 0.4) is 0 Å². The van der Waals surface area contributed by atoms with Gasteiger partial charge in [-0.15, -0.1) is 0 Å². The van der Waals surface area contributed by atoms with Crippen LogP contribution in [-0.2, 0) is 14.4 Å². The number of nitrogens with zero attached hydrogens (tertiary/aromatic N) is 1. The van der Waals surface area contributed by atoms with Crippen molar-refractivity contribution in [2.75, 3.05) is 17.2 Å². The van der Waals surface area contributed by atoms with E-state index in [-0.39, 0.29) is 24.3 Å². The van der Waals surface area contributed by atoms with Gasteiger partial charge in [0.2, 0.25) is 5.91 Å². The molecule has 7 nitrogen and oxygen atoms in total. The molecule has 2 aromatic carbocycles. The van der Waals surface area contributed by atoms with Crippen molar-refractivity contribution < 1.29 is 14.4 Å². The average Bonchev–Trinajstić information content (AvgIpc) is 3.50. The third kappa shape index (κ3) is 5.61. The zero-order chi connectivity index (χ0) is 20.1. The molecule has 0 spiro atoms. The fourth-order valence-corrected chi connectivity index (χ4v) is 2.63. The molecular formula is C19H18Cl2N4O3. The van der Waals surface area contributed by atoms with E-state index in [0.29, 0.717) is 27.0 Å². The van der Waals surface area contributed by atoms with Crippen LogP contribution in [0, 0.1) is 5.92 Å². The van der Waals surface area contributed by atoms with Gasteiger partial charge >= 0.3 is 0 Å². The van der Waals surface area contributed by atoms with E-state index in [2.05, 4.69) is 15.8 Å². The highest BCUT2D eigenvalue weighted by atomic mass is 35.5. The molecule has 9 heteroatoms. The topological polar surface area (TPSA) is 106 Å². The van der Waals surface area contributed by atoms with Gasteiger partial charge in [-0.05, 0) is 43.2 Å². The molecule has 1 saturated carbocycles. The maximum atomic E-state index is 11.9. The standard InChI is InChI=1S/C19H18Cl2N4O3/c20-15-7-6-14(9-16(15)21)23-17(26)10-28-25-18(22)12-2-1-3-13(8-12)24-19(27)11-4-5-11/h1-3,6-9,11H,4-5,10H2,(H2,22,25)(H,23,26)(H,24,27). The molecule has 0 radical (unpaired) electrons. The van der Waals surface area contributed by atoms with Crippen LogP contribution in [0.15, 0.2) is 47.6 Å². The molecule has 1 aliphatic rings. The summed E-state index contributed by atoms with van der Waals surface area (Å²) in [6.45, 7) is -0.334. The molecule has 3 rings (SSSR count). The summed E-state index contributed by atoms with van der Waals surface area (Å²) in [5, 5.41) is 9.91. The third-order valence-corrected chi connectivity index (χ3v) is 4.67. The van der Waals surface area contributed by atoms with Crippen LogP contribution in [-0.4, -0.2) is 24.3 Å². The summed E-state index contributed by atoms with van der Waals surface area (Å²) in [5.41, 5.74) is 7.57. The van der Waals surface area contributed by atoms with Gasteiger partial charge in [-0.2, -0.15) is 0 Å². The number of oxime groups is 1. The van der Waals surface area contributed by atoms with Crippen LogP contribution in [0.5, 0.6) is 0 Å². The minimum atomic E-state index is -0.430. The lowest BCUT2D eigenvalue weighted by Crippen LogP contribution is -2.19. The highest BCUT2D eigenvalue weighted by Gasteiger charge is 2.29. The Hall–Kier alpha value is -2.77. The van der Waals surface area contributed by atoms with Crippen LogP contribution in [0.25, 0.3) is 0 Å². The number of nitrogens with one attached hydrogen (secondary N) is 2. The number of anilines is 2. The van der Waals surface area contributed by atoms with Crippen molar-refractivity contribution in [1.82, 2.24) is 0 Å². The SMILES string of the molecule is N/C(=N/OCC(=O)Nc1ccc(Cl)c(Cl)c1)c1cccc(NC(=O)C2CC2)c1. The first-order valence-electron chi connectivity index (χ1n) is 8.54. The molecular weight excluding hydrogens is 403 g/mol. The number of nitrogens with two attached hydrogens (primary N) is 1. The Morgan fingerprint density at radius 1 is 1.07 bits per heavy atom. The van der Waals surface area contributed by atoms with Gasteiger partial charge in [0.05, 0.1) is 10.0 Å². The fraction of sp³-hybridized carbons (Fsp3) is 0.211. The largest absolute Gasteiger partial charge is 0.384 e. The van der Waals surface area contributed by atoms with E-state index in [9.17, 15) is 9.59 Å². The molecule has 0 saturated heterocycles. The molecule has 146 valence electrons. The molecule has 0 atom stereocenters. The zero-order valence-corrected chi connectivity index (χ0v) is 16.3. The number of carbonyl (C=O) groups excluding carboxylic acids is 2. The van der Waals surface area contributed by atoms with Gasteiger partial charge in [0.25, 0.3) is 5.91 Å². The Balaban J connectivity index is 1.52. The van der Waals surface area contributed by atoms with E-state index in [1.54, 1.807) is 36.4 Å². The van der Waals surface area contributed by atoms with Crippen LogP contribution in [0.2, 0.25) is 10.0 Å². The van der Waals surface area contributed by atoms with Gasteiger partial charge in [-0.25, -0.2) is 0 Å². The van der Waals surface area contributed by atoms with Crippen LogP contribution >= 0.6 is 23.2 Å². The minimum Gasteiger partial charge on any atom is -0.384 e. The maximum absolute atomic E-state index is 11.9. The lowest BCUT2D eigenvalue weighted by Gasteiger charge is -2.07. The minimum absolute atomic E-state index is 0.00267. The summed E-state index contributed by atoms with van der Waals surface area (Å²) in [5.74, 6) is -0.236. The first-order valence-corrected chi connectivity index (χ1v) is 9.29. The quantitative estimate of drug-likeness (QED) is 0.361. The number of carbonyl (C=O) groups is 2. The highest BCUT2D eigenvalue weighted by molar-refractivity contribution is 6.42. The van der Waals surface area contributed by atoms with E-state index in [1.807, 2.05) is 0 Å². The lowest BCUT2D eigenvalue weighted by molar-refractivity contribution is -0.120. The molecule has 4 N–H and O–H groups in total. The molecule has 0 aliphatic heterocycles. The predicted molar refractivity (Wildman–Crippen MR) is 110 cm³/mol. The summed E-state index contributed by atoms with van der Waals surface area (Å²) in [6.07, 6.45) is 1.85. The van der Waals surface area contributed by atoms with E-state index < -0.39 is 5.91 Å². The number of amidine groups is 1. The molecule has 28 heavy (non-hydrogen) atoms. The summed E-state index contributed by atoms with van der Waals surface area (Å²) >= 11 is 11.7. The molecule has 2 aromatic rings. The zero-order valence-electron chi connectivity index (χ0n) is 14.7. The van der Waals surface area contributed by atoms with Crippen molar-refractivity contribution in [2.24, 2.45) is 16.8 Å². The molecule has 1 aliphatic carbocycles. The maximum Gasteiger partial charge on any atom is 0.265 e. The summed E-state index contributed by atoms with van der Waals surface area (Å²) in [4.78, 5) is 28.7. The Bertz CT molecular complexity index is 929. The third-order valence-electron chi connectivity index (χ3n) is 3.94. The van der Waals surface area contributed by atoms with Gasteiger partial charge in [0, 0.05) is 22.9 Å². The smallest absolute Gasteiger partial charge is 0.265 e. The first kappa shape index (κ1) is 20.0. The molecule has 0 heterocycles. The Morgan fingerprint density at radius 2 is 1.82 bits per heavy atom. The van der Waals surface area contributed by atoms with Crippen molar-refractivity contribution in [3.63, 3.8) is 0 Å². The Kier molecular flexibility index (Phi) is 6.38. The van der Waals surface area contributed by atoms with Gasteiger partial charge < -0.3 is 21.2 Å². The number of amides is 2. The number of hydrogen-bond donors (Lipinski definition) is 3. The monoisotopic (exact) mass is 420 g/mol. The van der Waals surface area contributed by atoms with Crippen molar-refractivity contribution in [1.29, 1.82) is 0 Å². The summed E-state index contributed by atoms with van der Waals surface area (Å²) in [6, 6.07) is 11.7. The normalized spacial score (nSPS) is 13.7. The molecule has 2 amide bonds. The number of rotatable bonds is 7. The summed E-state index contributed by atoms with van der Waals surface area (Å²) < 4.78 is 0. The van der Waals surface area contributed by atoms with Crippen molar-refractivity contribution in [2.45, 2.75) is 12.8 Å². The molecule has 0 bridgehead atoms.